The average Bonchev–Trinajstić information content (AvgIpc) is 2.73. The molecular weight excluding hydrogens is 478 g/mol. The van der Waals surface area contributed by atoms with Crippen LogP contribution in [0.25, 0.3) is 5.69 Å². The van der Waals surface area contributed by atoms with Gasteiger partial charge in [-0.1, -0.05) is 11.6 Å². The van der Waals surface area contributed by atoms with E-state index in [9.17, 15) is 36.7 Å². The van der Waals surface area contributed by atoms with E-state index in [4.69, 9.17) is 16.3 Å². The van der Waals surface area contributed by atoms with Crippen LogP contribution in [0.2, 0.25) is 5.02 Å². The van der Waals surface area contributed by atoms with Gasteiger partial charge in [0.1, 0.15) is 23.9 Å². The van der Waals surface area contributed by atoms with Crippen molar-refractivity contribution in [3.05, 3.63) is 55.6 Å². The highest BCUT2D eigenvalue weighted by molar-refractivity contribution is 6.32. The molecule has 0 aliphatic heterocycles. The summed E-state index contributed by atoms with van der Waals surface area (Å²) in [6, 6.07) is 1.67. The van der Waals surface area contributed by atoms with Crippen molar-refractivity contribution in [2.75, 3.05) is 26.8 Å². The fourth-order valence-corrected chi connectivity index (χ4v) is 2.85. The van der Waals surface area contributed by atoms with Crippen molar-refractivity contribution in [3.8, 4) is 11.4 Å². The number of benzene rings is 1. The molecule has 33 heavy (non-hydrogen) atoms. The van der Waals surface area contributed by atoms with Gasteiger partial charge in [-0.05, 0) is 6.07 Å². The zero-order chi connectivity index (χ0) is 24.9. The van der Waals surface area contributed by atoms with Gasteiger partial charge in [0, 0.05) is 25.7 Å². The Hall–Kier alpha value is -3.19. The Bertz CT molecular complexity index is 1180. The lowest BCUT2D eigenvalue weighted by Crippen LogP contribution is -2.41. The fourth-order valence-electron chi connectivity index (χ4n) is 2.65. The second-order valence-electron chi connectivity index (χ2n) is 6.61. The molecule has 0 unspecified atom stereocenters. The summed E-state index contributed by atoms with van der Waals surface area (Å²) < 4.78 is 63.5. The van der Waals surface area contributed by atoms with E-state index < -0.39 is 53.0 Å². The summed E-state index contributed by atoms with van der Waals surface area (Å²) in [7, 11) is 1.99. The summed E-state index contributed by atoms with van der Waals surface area (Å²) in [5.41, 5.74) is -5.10. The molecule has 0 atom stereocenters. The van der Waals surface area contributed by atoms with E-state index in [1.165, 1.54) is 7.11 Å². The Morgan fingerprint density at radius 1 is 1.18 bits per heavy atom. The maximum atomic E-state index is 14.5. The number of ether oxygens (including phenoxy) is 2. The number of rotatable bonds is 9. The number of carbonyl (C=O) groups is 2. The van der Waals surface area contributed by atoms with Crippen LogP contribution in [-0.4, -0.2) is 47.7 Å². The quantitative estimate of drug-likeness (QED) is 0.318. The number of methoxy groups -OCH3 is 1. The van der Waals surface area contributed by atoms with E-state index in [0.717, 1.165) is 13.1 Å². The minimum atomic E-state index is -4.98. The summed E-state index contributed by atoms with van der Waals surface area (Å²) in [6.45, 7) is -0.558. The van der Waals surface area contributed by atoms with E-state index in [1.807, 2.05) is 0 Å². The highest BCUT2D eigenvalue weighted by Crippen LogP contribution is 2.30. The summed E-state index contributed by atoms with van der Waals surface area (Å²) in [5, 5.41) is 2.38. The zero-order valence-corrected chi connectivity index (χ0v) is 18.1. The van der Waals surface area contributed by atoms with Crippen LogP contribution in [0.15, 0.2) is 27.8 Å². The van der Waals surface area contributed by atoms with Crippen LogP contribution >= 0.6 is 11.6 Å². The van der Waals surface area contributed by atoms with Gasteiger partial charge in [-0.2, -0.15) is 13.2 Å². The third-order valence-corrected chi connectivity index (χ3v) is 4.59. The number of alkyl halides is 3. The lowest BCUT2D eigenvalue weighted by molar-refractivity contribution is -0.144. The number of carbonyl (C=O) groups excluding carboxylic acids is 2. The van der Waals surface area contributed by atoms with Crippen LogP contribution in [-0.2, 0) is 27.5 Å². The monoisotopic (exact) mass is 495 g/mol. The molecule has 2 rings (SSSR count). The number of hydrogen-bond acceptors (Lipinski definition) is 7. The Morgan fingerprint density at radius 3 is 2.45 bits per heavy atom. The molecule has 1 heterocycles. The summed E-state index contributed by atoms with van der Waals surface area (Å²) in [5.74, 6) is -2.42. The Morgan fingerprint density at radius 2 is 1.85 bits per heavy atom. The van der Waals surface area contributed by atoms with Gasteiger partial charge < -0.3 is 14.8 Å². The number of nitrogens with one attached hydrogen (secondary N) is 1. The van der Waals surface area contributed by atoms with Crippen molar-refractivity contribution >= 4 is 23.4 Å². The maximum absolute atomic E-state index is 14.5. The van der Waals surface area contributed by atoms with Gasteiger partial charge in [-0.25, -0.2) is 13.8 Å². The van der Waals surface area contributed by atoms with E-state index >= 15 is 0 Å². The number of hydrogen-bond donors (Lipinski definition) is 1. The third-order valence-electron chi connectivity index (χ3n) is 4.30. The van der Waals surface area contributed by atoms with Crippen LogP contribution in [0.4, 0.5) is 17.6 Å². The Balaban J connectivity index is 2.26. The average molecular weight is 496 g/mol. The minimum absolute atomic E-state index is 0.0363. The molecule has 0 spiro atoms. The highest BCUT2D eigenvalue weighted by Gasteiger charge is 2.35. The molecule has 1 N–H and O–H groups in total. The van der Waals surface area contributed by atoms with Gasteiger partial charge in [-0.3, -0.25) is 19.0 Å². The van der Waals surface area contributed by atoms with Crippen LogP contribution in [0.3, 0.4) is 0 Å². The summed E-state index contributed by atoms with van der Waals surface area (Å²) in [6.07, 6.45) is -4.95. The van der Waals surface area contributed by atoms with Crippen LogP contribution in [0.5, 0.6) is 5.75 Å². The first-order valence-electron chi connectivity index (χ1n) is 9.18. The molecule has 180 valence electrons. The fraction of sp³-hybridized carbons (Fsp3) is 0.368. The number of ketones is 1. The lowest BCUT2D eigenvalue weighted by atomic mass is 10.2. The van der Waals surface area contributed by atoms with Crippen molar-refractivity contribution in [1.29, 1.82) is 0 Å². The predicted octanol–water partition coefficient (Wildman–Crippen LogP) is 1.45. The predicted molar refractivity (Wildman–Crippen MR) is 107 cm³/mol. The van der Waals surface area contributed by atoms with Crippen molar-refractivity contribution in [2.24, 2.45) is 7.05 Å². The second-order valence-corrected chi connectivity index (χ2v) is 7.01. The van der Waals surface area contributed by atoms with Crippen molar-refractivity contribution in [1.82, 2.24) is 14.5 Å². The van der Waals surface area contributed by atoms with Gasteiger partial charge in [0.15, 0.2) is 5.78 Å². The molecule has 0 bridgehead atoms. The van der Waals surface area contributed by atoms with Gasteiger partial charge in [0.05, 0.1) is 30.8 Å². The largest absolute Gasteiger partial charge is 0.484 e. The molecule has 2 aromatic rings. The normalized spacial score (nSPS) is 11.4. The van der Waals surface area contributed by atoms with Gasteiger partial charge in [0.2, 0.25) is 0 Å². The number of aromatic nitrogens is 2. The van der Waals surface area contributed by atoms with E-state index in [-0.39, 0.29) is 45.5 Å². The van der Waals surface area contributed by atoms with Gasteiger partial charge >= 0.3 is 17.8 Å². The Labute approximate surface area is 188 Å². The molecule has 0 aliphatic carbocycles. The molecular formula is C19H18ClF4N3O6. The second kappa shape index (κ2) is 10.6. The number of esters is 1. The maximum Gasteiger partial charge on any atom is 0.431 e. The highest BCUT2D eigenvalue weighted by atomic mass is 35.5. The molecule has 0 saturated carbocycles. The smallest absolute Gasteiger partial charge is 0.431 e. The van der Waals surface area contributed by atoms with Crippen molar-refractivity contribution in [3.63, 3.8) is 0 Å². The zero-order valence-electron chi connectivity index (χ0n) is 17.3. The number of halogens is 5. The van der Waals surface area contributed by atoms with Gasteiger partial charge in [-0.15, -0.1) is 0 Å². The molecule has 1 aromatic carbocycles. The van der Waals surface area contributed by atoms with E-state index in [2.05, 4.69) is 10.1 Å². The first-order valence-corrected chi connectivity index (χ1v) is 9.56. The minimum Gasteiger partial charge on any atom is -0.484 e. The first-order chi connectivity index (χ1) is 15.4. The standard InChI is InChI=1S/C19H18ClF4N3O6/c1-26-15(19(22,23)24)7-16(29)27(18(26)31)13-6-14(11(20)5-12(13)21)33-9-10(28)8-25-4-3-17(30)32-2/h5-7,25H,3-4,8-9H2,1-2H3. The summed E-state index contributed by atoms with van der Waals surface area (Å²) >= 11 is 5.88. The first kappa shape index (κ1) is 26.1. The van der Waals surface area contributed by atoms with Crippen molar-refractivity contribution < 1.29 is 36.6 Å². The van der Waals surface area contributed by atoms with E-state index in [1.54, 1.807) is 0 Å². The number of nitrogens with zero attached hydrogens (tertiary/aromatic N) is 2. The van der Waals surface area contributed by atoms with Crippen LogP contribution in [0, 0.1) is 5.82 Å². The molecule has 0 aliphatic rings. The SMILES string of the molecule is COC(=O)CCNCC(=O)COc1cc(-n2c(=O)cc(C(F)(F)F)n(C)c2=O)c(F)cc1Cl. The summed E-state index contributed by atoms with van der Waals surface area (Å²) in [4.78, 5) is 47.5. The van der Waals surface area contributed by atoms with Crippen molar-refractivity contribution in [2.45, 2.75) is 12.6 Å². The van der Waals surface area contributed by atoms with Gasteiger partial charge in [0.25, 0.3) is 5.56 Å². The molecule has 0 amide bonds. The van der Waals surface area contributed by atoms with E-state index in [0.29, 0.717) is 6.07 Å². The molecule has 9 nitrogen and oxygen atoms in total. The molecule has 0 fully saturated rings. The van der Waals surface area contributed by atoms with Crippen LogP contribution in [0.1, 0.15) is 12.1 Å². The van der Waals surface area contributed by atoms with Crippen LogP contribution < -0.4 is 21.3 Å². The topological polar surface area (TPSA) is 109 Å². The molecule has 0 saturated heterocycles. The molecule has 0 radical (unpaired) electrons. The number of Topliss-reactive ketones (excluding diaryl/α,β-unsaturated/α-hetero) is 1. The molecule has 1 aromatic heterocycles. The Kier molecular flexibility index (Phi) is 8.39. The third kappa shape index (κ3) is 6.42. The molecule has 14 heteroatoms. The lowest BCUT2D eigenvalue weighted by Gasteiger charge is -2.15.